The Hall–Kier alpha value is -5.08. The normalized spacial score (nSPS) is 11.7. The fourth-order valence-corrected chi connectivity index (χ4v) is 5.98. The van der Waals surface area contributed by atoms with Gasteiger partial charge in [0.2, 0.25) is 0 Å². The minimum Gasteiger partial charge on any atom is -0.256 e. The summed E-state index contributed by atoms with van der Waals surface area (Å²) in [5, 5.41) is 8.85. The van der Waals surface area contributed by atoms with Crippen molar-refractivity contribution in [1.82, 2.24) is 9.97 Å². The maximum atomic E-state index is 4.64. The molecule has 0 unspecified atom stereocenters. The van der Waals surface area contributed by atoms with E-state index in [1.54, 1.807) is 0 Å². The average Bonchev–Trinajstić information content (AvgIpc) is 3.00. The SMILES string of the molecule is c1ccc(-c2ccc3ccc4c(-c5ccc(-c6cccc7ncccc67)cc5)ccc5ccc2c3c54)nc1. The molecular formula is C36H22N2. The standard InChI is InChI=1S/C36H22N2/c1-2-21-37-33(7-1)30-18-14-26-15-19-31-28(17-13-25-16-20-32(30)36(26)35(25)31)24-11-9-23(10-12-24)27-5-3-8-34-29(27)6-4-22-38-34/h1-22H. The summed E-state index contributed by atoms with van der Waals surface area (Å²) in [5.74, 6) is 0. The van der Waals surface area contributed by atoms with E-state index in [0.717, 1.165) is 11.2 Å². The highest BCUT2D eigenvalue weighted by molar-refractivity contribution is 6.27. The molecule has 0 bridgehead atoms. The third-order valence-electron chi connectivity index (χ3n) is 7.76. The van der Waals surface area contributed by atoms with Crippen molar-refractivity contribution < 1.29 is 0 Å². The zero-order valence-electron chi connectivity index (χ0n) is 20.6. The molecule has 176 valence electrons. The molecule has 0 saturated heterocycles. The van der Waals surface area contributed by atoms with Gasteiger partial charge in [-0.15, -0.1) is 0 Å². The van der Waals surface area contributed by atoms with Crippen molar-refractivity contribution in [3.63, 3.8) is 0 Å². The largest absolute Gasteiger partial charge is 0.256 e. The van der Waals surface area contributed by atoms with Gasteiger partial charge in [0.1, 0.15) is 0 Å². The number of aromatic nitrogens is 2. The van der Waals surface area contributed by atoms with Crippen LogP contribution in [0.3, 0.4) is 0 Å². The van der Waals surface area contributed by atoms with E-state index in [0.29, 0.717) is 0 Å². The fourth-order valence-electron chi connectivity index (χ4n) is 5.98. The number of pyridine rings is 2. The van der Waals surface area contributed by atoms with Crippen LogP contribution in [-0.2, 0) is 0 Å². The van der Waals surface area contributed by atoms with Gasteiger partial charge in [0.15, 0.2) is 0 Å². The van der Waals surface area contributed by atoms with Gasteiger partial charge >= 0.3 is 0 Å². The number of benzene rings is 6. The van der Waals surface area contributed by atoms with E-state index in [4.69, 9.17) is 0 Å². The molecule has 2 heterocycles. The molecule has 38 heavy (non-hydrogen) atoms. The number of nitrogens with zero attached hydrogens (tertiary/aromatic N) is 2. The van der Waals surface area contributed by atoms with Gasteiger partial charge in [0.05, 0.1) is 11.2 Å². The maximum absolute atomic E-state index is 4.64. The highest BCUT2D eigenvalue weighted by Gasteiger charge is 2.15. The molecule has 2 aromatic heterocycles. The lowest BCUT2D eigenvalue weighted by atomic mass is 9.87. The van der Waals surface area contributed by atoms with Crippen molar-refractivity contribution in [2.75, 3.05) is 0 Å². The van der Waals surface area contributed by atoms with Crippen LogP contribution in [0.25, 0.3) is 76.7 Å². The highest BCUT2D eigenvalue weighted by Crippen LogP contribution is 2.42. The topological polar surface area (TPSA) is 25.8 Å². The monoisotopic (exact) mass is 482 g/mol. The predicted molar refractivity (Wildman–Crippen MR) is 160 cm³/mol. The molecule has 0 saturated carbocycles. The van der Waals surface area contributed by atoms with Crippen LogP contribution in [0.15, 0.2) is 134 Å². The molecule has 0 aliphatic heterocycles. The second-order valence-corrected chi connectivity index (χ2v) is 9.82. The summed E-state index contributed by atoms with van der Waals surface area (Å²) in [7, 11) is 0. The molecule has 0 amide bonds. The van der Waals surface area contributed by atoms with Gasteiger partial charge in [-0.05, 0) is 78.8 Å². The second-order valence-electron chi connectivity index (χ2n) is 9.82. The number of rotatable bonds is 3. The van der Waals surface area contributed by atoms with E-state index < -0.39 is 0 Å². The summed E-state index contributed by atoms with van der Waals surface area (Å²) >= 11 is 0. The minimum atomic E-state index is 1.00. The quantitative estimate of drug-likeness (QED) is 0.234. The molecule has 2 heteroatoms. The molecule has 8 rings (SSSR count). The Labute approximate surface area is 220 Å². The van der Waals surface area contributed by atoms with Crippen LogP contribution in [0.4, 0.5) is 0 Å². The van der Waals surface area contributed by atoms with E-state index >= 15 is 0 Å². The first-order valence-electron chi connectivity index (χ1n) is 12.9. The van der Waals surface area contributed by atoms with E-state index in [2.05, 4.69) is 119 Å². The van der Waals surface area contributed by atoms with Gasteiger partial charge in [-0.1, -0.05) is 97.1 Å². The van der Waals surface area contributed by atoms with Crippen molar-refractivity contribution in [3.8, 4) is 33.5 Å². The van der Waals surface area contributed by atoms with E-state index in [1.807, 2.05) is 24.5 Å². The molecule has 0 N–H and O–H groups in total. The summed E-state index contributed by atoms with van der Waals surface area (Å²) in [6.45, 7) is 0. The Kier molecular flexibility index (Phi) is 4.55. The molecule has 0 aliphatic rings. The lowest BCUT2D eigenvalue weighted by Gasteiger charge is -2.16. The van der Waals surface area contributed by atoms with Crippen molar-refractivity contribution in [1.29, 1.82) is 0 Å². The van der Waals surface area contributed by atoms with Gasteiger partial charge in [-0.2, -0.15) is 0 Å². The third-order valence-corrected chi connectivity index (χ3v) is 7.76. The van der Waals surface area contributed by atoms with Gasteiger partial charge in [-0.25, -0.2) is 0 Å². The number of hydrogen-bond donors (Lipinski definition) is 0. The van der Waals surface area contributed by atoms with Crippen molar-refractivity contribution in [2.45, 2.75) is 0 Å². The summed E-state index contributed by atoms with van der Waals surface area (Å²) < 4.78 is 0. The predicted octanol–water partition coefficient (Wildman–Crippen LogP) is 9.53. The molecule has 0 spiro atoms. The van der Waals surface area contributed by atoms with Crippen molar-refractivity contribution >= 4 is 43.2 Å². The Morgan fingerprint density at radius 3 is 1.71 bits per heavy atom. The smallest absolute Gasteiger partial charge is 0.0708 e. The minimum absolute atomic E-state index is 1.00. The molecule has 8 aromatic rings. The van der Waals surface area contributed by atoms with E-state index in [9.17, 15) is 0 Å². The second kappa shape index (κ2) is 8.22. The van der Waals surface area contributed by atoms with Crippen LogP contribution in [0.1, 0.15) is 0 Å². The fraction of sp³-hybridized carbons (Fsp3) is 0. The van der Waals surface area contributed by atoms with Gasteiger partial charge < -0.3 is 0 Å². The molecule has 2 nitrogen and oxygen atoms in total. The highest BCUT2D eigenvalue weighted by atomic mass is 14.7. The molecule has 0 fully saturated rings. The number of fused-ring (bicyclic) bond motifs is 1. The summed E-state index contributed by atoms with van der Waals surface area (Å²) in [4.78, 5) is 9.17. The van der Waals surface area contributed by atoms with Crippen molar-refractivity contribution in [3.05, 3.63) is 134 Å². The summed E-state index contributed by atoms with van der Waals surface area (Å²) in [6, 6.07) is 43.5. The van der Waals surface area contributed by atoms with Crippen molar-refractivity contribution in [2.24, 2.45) is 0 Å². The number of hydrogen-bond acceptors (Lipinski definition) is 2. The van der Waals surface area contributed by atoms with Crippen LogP contribution in [-0.4, -0.2) is 9.97 Å². The van der Waals surface area contributed by atoms with Gasteiger partial charge in [0.25, 0.3) is 0 Å². The van der Waals surface area contributed by atoms with Crippen LogP contribution in [0, 0.1) is 0 Å². The van der Waals surface area contributed by atoms with Gasteiger partial charge in [-0.3, -0.25) is 9.97 Å². The molecule has 0 aliphatic carbocycles. The summed E-state index contributed by atoms with van der Waals surface area (Å²) in [5.41, 5.74) is 8.07. The van der Waals surface area contributed by atoms with Gasteiger partial charge in [0, 0.05) is 23.3 Å². The zero-order valence-corrected chi connectivity index (χ0v) is 20.6. The Bertz CT molecular complexity index is 2100. The van der Waals surface area contributed by atoms with Crippen LogP contribution in [0.2, 0.25) is 0 Å². The van der Waals surface area contributed by atoms with Crippen LogP contribution >= 0.6 is 0 Å². The molecule has 0 radical (unpaired) electrons. The first-order valence-corrected chi connectivity index (χ1v) is 12.9. The molecular weight excluding hydrogens is 460 g/mol. The first-order chi connectivity index (χ1) is 18.8. The first kappa shape index (κ1) is 21.0. The van der Waals surface area contributed by atoms with E-state index in [1.165, 1.54) is 65.5 Å². The Morgan fingerprint density at radius 1 is 0.368 bits per heavy atom. The molecule has 0 atom stereocenters. The maximum Gasteiger partial charge on any atom is 0.0708 e. The average molecular weight is 483 g/mol. The lowest BCUT2D eigenvalue weighted by molar-refractivity contribution is 1.33. The lowest BCUT2D eigenvalue weighted by Crippen LogP contribution is -1.90. The summed E-state index contributed by atoms with van der Waals surface area (Å²) in [6.07, 6.45) is 3.71. The van der Waals surface area contributed by atoms with E-state index in [-0.39, 0.29) is 0 Å². The molecule has 6 aromatic carbocycles. The Morgan fingerprint density at radius 2 is 1.00 bits per heavy atom. The zero-order chi connectivity index (χ0) is 25.1. The third kappa shape index (κ3) is 3.14. The van der Waals surface area contributed by atoms with Crippen LogP contribution < -0.4 is 0 Å². The van der Waals surface area contributed by atoms with Crippen LogP contribution in [0.5, 0.6) is 0 Å². The Balaban J connectivity index is 1.31.